The summed E-state index contributed by atoms with van der Waals surface area (Å²) in [5.41, 5.74) is 7.70. The fraction of sp³-hybridized carbons (Fsp3) is 0.278. The first-order valence-corrected chi connectivity index (χ1v) is 8.49. The molecule has 1 atom stereocenters. The van der Waals surface area contributed by atoms with Gasteiger partial charge in [-0.3, -0.25) is 9.59 Å². The SMILES string of the molecule is Nc1ncnc2c1ncn2CC(=O)NC(CCC(=O)O)Cc1ccccc1. The average Bonchev–Trinajstić information content (AvgIpc) is 3.05. The number of anilines is 1. The molecule has 0 bridgehead atoms. The number of hydrogen-bond acceptors (Lipinski definition) is 6. The van der Waals surface area contributed by atoms with Gasteiger partial charge < -0.3 is 20.7 Å². The first-order valence-electron chi connectivity index (χ1n) is 8.49. The summed E-state index contributed by atoms with van der Waals surface area (Å²) in [6.07, 6.45) is 3.68. The monoisotopic (exact) mass is 368 g/mol. The molecule has 3 rings (SSSR count). The van der Waals surface area contributed by atoms with Crippen LogP contribution in [0.4, 0.5) is 5.82 Å². The summed E-state index contributed by atoms with van der Waals surface area (Å²) in [5.74, 6) is -0.893. The summed E-state index contributed by atoms with van der Waals surface area (Å²) < 4.78 is 1.58. The van der Waals surface area contributed by atoms with Gasteiger partial charge in [0, 0.05) is 12.5 Å². The maximum atomic E-state index is 12.5. The van der Waals surface area contributed by atoms with Crippen LogP contribution in [-0.4, -0.2) is 42.5 Å². The van der Waals surface area contributed by atoms with Gasteiger partial charge in [0.2, 0.25) is 5.91 Å². The number of carboxylic acid groups (broad SMARTS) is 1. The van der Waals surface area contributed by atoms with Crippen molar-refractivity contribution < 1.29 is 14.7 Å². The molecule has 1 aromatic carbocycles. The normalized spacial score (nSPS) is 12.0. The van der Waals surface area contributed by atoms with Gasteiger partial charge in [-0.1, -0.05) is 30.3 Å². The van der Waals surface area contributed by atoms with E-state index in [0.29, 0.717) is 24.0 Å². The molecule has 0 saturated heterocycles. The van der Waals surface area contributed by atoms with Crippen molar-refractivity contribution in [2.45, 2.75) is 31.8 Å². The van der Waals surface area contributed by atoms with Gasteiger partial charge in [0.05, 0.1) is 6.33 Å². The van der Waals surface area contributed by atoms with E-state index in [0.717, 1.165) is 5.56 Å². The molecule has 2 aromatic heterocycles. The number of amides is 1. The number of imidazole rings is 1. The molecule has 4 N–H and O–H groups in total. The number of nitrogen functional groups attached to an aromatic ring is 1. The van der Waals surface area contributed by atoms with E-state index < -0.39 is 5.97 Å². The van der Waals surface area contributed by atoms with Crippen LogP contribution in [0.3, 0.4) is 0 Å². The third kappa shape index (κ3) is 4.78. The Bertz CT molecular complexity index is 941. The van der Waals surface area contributed by atoms with Crippen LogP contribution in [-0.2, 0) is 22.6 Å². The summed E-state index contributed by atoms with van der Waals surface area (Å²) in [5, 5.41) is 11.9. The summed E-state index contributed by atoms with van der Waals surface area (Å²) >= 11 is 0. The minimum atomic E-state index is -0.893. The number of carbonyl (C=O) groups excluding carboxylic acids is 1. The topological polar surface area (TPSA) is 136 Å². The third-order valence-corrected chi connectivity index (χ3v) is 4.14. The van der Waals surface area contributed by atoms with Crippen LogP contribution >= 0.6 is 0 Å². The molecule has 0 aliphatic heterocycles. The van der Waals surface area contributed by atoms with Crippen LogP contribution in [0, 0.1) is 0 Å². The zero-order chi connectivity index (χ0) is 19.2. The van der Waals surface area contributed by atoms with Gasteiger partial charge in [-0.05, 0) is 18.4 Å². The minimum absolute atomic E-state index is 0.00527. The van der Waals surface area contributed by atoms with E-state index in [4.69, 9.17) is 10.8 Å². The molecule has 0 spiro atoms. The Morgan fingerprint density at radius 3 is 2.70 bits per heavy atom. The Hall–Kier alpha value is -3.49. The number of benzene rings is 1. The fourth-order valence-electron chi connectivity index (χ4n) is 2.86. The van der Waals surface area contributed by atoms with Crippen molar-refractivity contribution in [1.29, 1.82) is 0 Å². The quantitative estimate of drug-likeness (QED) is 0.539. The zero-order valence-electron chi connectivity index (χ0n) is 14.6. The molecule has 0 radical (unpaired) electrons. The van der Waals surface area contributed by atoms with Crippen LogP contribution < -0.4 is 11.1 Å². The largest absolute Gasteiger partial charge is 0.481 e. The first kappa shape index (κ1) is 18.3. The lowest BCUT2D eigenvalue weighted by Crippen LogP contribution is -2.38. The van der Waals surface area contributed by atoms with Gasteiger partial charge in [-0.25, -0.2) is 15.0 Å². The van der Waals surface area contributed by atoms with E-state index in [9.17, 15) is 9.59 Å². The second-order valence-electron chi connectivity index (χ2n) is 6.19. The molecule has 9 heteroatoms. The van der Waals surface area contributed by atoms with Gasteiger partial charge >= 0.3 is 5.97 Å². The Morgan fingerprint density at radius 2 is 1.96 bits per heavy atom. The van der Waals surface area contributed by atoms with Gasteiger partial charge in [-0.15, -0.1) is 0 Å². The predicted octanol–water partition coefficient (Wildman–Crippen LogP) is 1.00. The highest BCUT2D eigenvalue weighted by Gasteiger charge is 2.16. The lowest BCUT2D eigenvalue weighted by Gasteiger charge is -2.18. The van der Waals surface area contributed by atoms with E-state index in [2.05, 4.69) is 20.3 Å². The highest BCUT2D eigenvalue weighted by molar-refractivity contribution is 5.83. The van der Waals surface area contributed by atoms with E-state index in [1.165, 1.54) is 12.7 Å². The number of carboxylic acids is 1. The molecule has 3 aromatic rings. The summed E-state index contributed by atoms with van der Waals surface area (Å²) in [6, 6.07) is 9.34. The van der Waals surface area contributed by atoms with E-state index >= 15 is 0 Å². The van der Waals surface area contributed by atoms with Gasteiger partial charge in [0.1, 0.15) is 18.4 Å². The van der Waals surface area contributed by atoms with Crippen LogP contribution in [0.5, 0.6) is 0 Å². The van der Waals surface area contributed by atoms with E-state index in [1.54, 1.807) is 4.57 Å². The zero-order valence-corrected chi connectivity index (χ0v) is 14.6. The molecule has 1 amide bonds. The van der Waals surface area contributed by atoms with Gasteiger partial charge in [0.25, 0.3) is 0 Å². The number of hydrogen-bond donors (Lipinski definition) is 3. The number of aliphatic carboxylic acids is 1. The van der Waals surface area contributed by atoms with Crippen molar-refractivity contribution in [2.24, 2.45) is 0 Å². The molecule has 1 unspecified atom stereocenters. The Kier molecular flexibility index (Phi) is 5.60. The predicted molar refractivity (Wildman–Crippen MR) is 98.7 cm³/mol. The number of rotatable bonds is 8. The summed E-state index contributed by atoms with van der Waals surface area (Å²) in [6.45, 7) is 0.00527. The van der Waals surface area contributed by atoms with E-state index in [-0.39, 0.29) is 30.7 Å². The molecular weight excluding hydrogens is 348 g/mol. The molecule has 9 nitrogen and oxygen atoms in total. The van der Waals surface area contributed by atoms with Crippen molar-refractivity contribution in [1.82, 2.24) is 24.8 Å². The second-order valence-corrected chi connectivity index (χ2v) is 6.19. The molecule has 140 valence electrons. The number of fused-ring (bicyclic) bond motifs is 1. The van der Waals surface area contributed by atoms with Crippen LogP contribution in [0.1, 0.15) is 18.4 Å². The standard InChI is InChI=1S/C18H20N6O3/c19-17-16-18(21-10-20-17)24(11-22-16)9-14(25)23-13(6-7-15(26)27)8-12-4-2-1-3-5-12/h1-5,10-11,13H,6-9H2,(H,23,25)(H,26,27)(H2,19,20,21). The minimum Gasteiger partial charge on any atom is -0.481 e. The summed E-state index contributed by atoms with van der Waals surface area (Å²) in [7, 11) is 0. The number of aromatic nitrogens is 4. The summed E-state index contributed by atoms with van der Waals surface area (Å²) in [4.78, 5) is 35.5. The van der Waals surface area contributed by atoms with Crippen molar-refractivity contribution in [3.8, 4) is 0 Å². The van der Waals surface area contributed by atoms with E-state index in [1.807, 2.05) is 30.3 Å². The third-order valence-electron chi connectivity index (χ3n) is 4.14. The maximum Gasteiger partial charge on any atom is 0.303 e. The average molecular weight is 368 g/mol. The molecule has 0 aliphatic carbocycles. The Labute approximate surface area is 155 Å². The Morgan fingerprint density at radius 1 is 1.19 bits per heavy atom. The molecular formula is C18H20N6O3. The van der Waals surface area contributed by atoms with Crippen LogP contribution in [0.15, 0.2) is 43.0 Å². The van der Waals surface area contributed by atoms with Crippen molar-refractivity contribution >= 4 is 28.9 Å². The molecule has 27 heavy (non-hydrogen) atoms. The molecule has 0 saturated carbocycles. The van der Waals surface area contributed by atoms with Crippen molar-refractivity contribution in [3.05, 3.63) is 48.5 Å². The lowest BCUT2D eigenvalue weighted by atomic mass is 10.0. The highest BCUT2D eigenvalue weighted by Crippen LogP contribution is 2.14. The number of nitrogens with one attached hydrogen (secondary N) is 1. The number of nitrogens with two attached hydrogens (primary N) is 1. The lowest BCUT2D eigenvalue weighted by molar-refractivity contribution is -0.137. The van der Waals surface area contributed by atoms with Gasteiger partial charge in [-0.2, -0.15) is 0 Å². The Balaban J connectivity index is 1.69. The van der Waals surface area contributed by atoms with Gasteiger partial charge in [0.15, 0.2) is 11.5 Å². The molecule has 0 fully saturated rings. The smallest absolute Gasteiger partial charge is 0.303 e. The second kappa shape index (κ2) is 8.26. The number of nitrogens with zero attached hydrogens (tertiary/aromatic N) is 4. The van der Waals surface area contributed by atoms with Crippen LogP contribution in [0.2, 0.25) is 0 Å². The molecule has 0 aliphatic rings. The number of carbonyl (C=O) groups is 2. The highest BCUT2D eigenvalue weighted by atomic mass is 16.4. The van der Waals surface area contributed by atoms with Crippen LogP contribution in [0.25, 0.3) is 11.2 Å². The fourth-order valence-corrected chi connectivity index (χ4v) is 2.86. The molecule has 2 heterocycles. The first-order chi connectivity index (χ1) is 13.0. The van der Waals surface area contributed by atoms with Crippen molar-refractivity contribution in [3.63, 3.8) is 0 Å². The maximum absolute atomic E-state index is 12.5. The van der Waals surface area contributed by atoms with Crippen molar-refractivity contribution in [2.75, 3.05) is 5.73 Å².